The Kier molecular flexibility index (Phi) is 3.70. The van der Waals surface area contributed by atoms with Gasteiger partial charge in [0.15, 0.2) is 0 Å². The zero-order valence-electron chi connectivity index (χ0n) is 11.5. The van der Waals surface area contributed by atoms with Gasteiger partial charge in [-0.3, -0.25) is 0 Å². The zero-order chi connectivity index (χ0) is 14.8. The maximum absolute atomic E-state index is 14.1. The Morgan fingerprint density at radius 2 is 1.86 bits per heavy atom. The van der Waals surface area contributed by atoms with E-state index in [0.29, 0.717) is 18.8 Å². The fourth-order valence-corrected chi connectivity index (χ4v) is 2.53. The second-order valence-corrected chi connectivity index (χ2v) is 5.22. The van der Waals surface area contributed by atoms with Crippen molar-refractivity contribution in [3.63, 3.8) is 0 Å². The standard InChI is InChI=1S/C17H15FN2O/c18-17-7-12(1-3-13(17)6-16(20)8-19)11-2-4-14-9-21-10-15(14)5-11/h1-5,7,16H,6,9-10,20H2/t16-/m0/s1. The van der Waals surface area contributed by atoms with E-state index in [4.69, 9.17) is 15.7 Å². The van der Waals surface area contributed by atoms with E-state index >= 15 is 0 Å². The van der Waals surface area contributed by atoms with E-state index < -0.39 is 6.04 Å². The molecule has 1 aliphatic rings. The summed E-state index contributed by atoms with van der Waals surface area (Å²) in [4.78, 5) is 0. The van der Waals surface area contributed by atoms with Crippen LogP contribution in [0.5, 0.6) is 0 Å². The number of hydrogen-bond acceptors (Lipinski definition) is 3. The van der Waals surface area contributed by atoms with Gasteiger partial charge in [0.25, 0.3) is 0 Å². The number of rotatable bonds is 3. The highest BCUT2D eigenvalue weighted by atomic mass is 19.1. The third-order valence-corrected chi connectivity index (χ3v) is 3.71. The van der Waals surface area contributed by atoms with Crippen LogP contribution in [0.3, 0.4) is 0 Å². The maximum Gasteiger partial charge on any atom is 0.127 e. The summed E-state index contributed by atoms with van der Waals surface area (Å²) >= 11 is 0. The molecule has 106 valence electrons. The lowest BCUT2D eigenvalue weighted by Crippen LogP contribution is -2.20. The van der Waals surface area contributed by atoms with Gasteiger partial charge in [-0.25, -0.2) is 4.39 Å². The number of nitrogens with zero attached hydrogens (tertiary/aromatic N) is 1. The first-order valence-electron chi connectivity index (χ1n) is 6.81. The topological polar surface area (TPSA) is 59.0 Å². The summed E-state index contributed by atoms with van der Waals surface area (Å²) in [5.74, 6) is -0.324. The molecule has 3 nitrogen and oxygen atoms in total. The van der Waals surface area contributed by atoms with Gasteiger partial charge in [0.1, 0.15) is 5.82 Å². The van der Waals surface area contributed by atoms with Gasteiger partial charge in [-0.1, -0.05) is 24.3 Å². The second-order valence-electron chi connectivity index (χ2n) is 5.22. The molecule has 0 spiro atoms. The molecule has 0 radical (unpaired) electrons. The third-order valence-electron chi connectivity index (χ3n) is 3.71. The first-order valence-corrected chi connectivity index (χ1v) is 6.81. The average molecular weight is 282 g/mol. The van der Waals surface area contributed by atoms with Gasteiger partial charge >= 0.3 is 0 Å². The van der Waals surface area contributed by atoms with Gasteiger partial charge in [0, 0.05) is 6.42 Å². The highest BCUT2D eigenvalue weighted by Crippen LogP contribution is 2.28. The summed E-state index contributed by atoms with van der Waals surface area (Å²) in [6.07, 6.45) is 0.223. The van der Waals surface area contributed by atoms with Crippen molar-refractivity contribution in [2.45, 2.75) is 25.7 Å². The van der Waals surface area contributed by atoms with Crippen LogP contribution in [-0.4, -0.2) is 6.04 Å². The molecule has 0 fully saturated rings. The number of benzene rings is 2. The molecule has 3 rings (SSSR count). The van der Waals surface area contributed by atoms with Gasteiger partial charge in [0.05, 0.1) is 25.3 Å². The predicted molar refractivity (Wildman–Crippen MR) is 77.6 cm³/mol. The van der Waals surface area contributed by atoms with Crippen molar-refractivity contribution in [3.8, 4) is 17.2 Å². The molecule has 1 aliphatic heterocycles. The first kappa shape index (κ1) is 13.7. The van der Waals surface area contributed by atoms with Crippen LogP contribution in [0, 0.1) is 17.1 Å². The Morgan fingerprint density at radius 1 is 1.14 bits per heavy atom. The van der Waals surface area contributed by atoms with Crippen LogP contribution in [-0.2, 0) is 24.4 Å². The number of nitrogens with two attached hydrogens (primary N) is 1. The summed E-state index contributed by atoms with van der Waals surface area (Å²) in [5.41, 5.74) is 10.1. The fraction of sp³-hybridized carbons (Fsp3) is 0.235. The Bertz CT molecular complexity index is 721. The van der Waals surface area contributed by atoms with E-state index in [-0.39, 0.29) is 12.2 Å². The Labute approximate surface area is 122 Å². The predicted octanol–water partition coefficient (Wildman–Crippen LogP) is 2.92. The molecule has 2 aromatic carbocycles. The van der Waals surface area contributed by atoms with Crippen LogP contribution >= 0.6 is 0 Å². The van der Waals surface area contributed by atoms with Crippen molar-refractivity contribution in [1.29, 1.82) is 5.26 Å². The van der Waals surface area contributed by atoms with Gasteiger partial charge in [-0.05, 0) is 39.9 Å². The lowest BCUT2D eigenvalue weighted by atomic mass is 9.98. The molecule has 2 aromatic rings. The van der Waals surface area contributed by atoms with Crippen molar-refractivity contribution in [2.75, 3.05) is 0 Å². The summed E-state index contributed by atoms with van der Waals surface area (Å²) < 4.78 is 19.5. The Morgan fingerprint density at radius 3 is 2.62 bits per heavy atom. The molecule has 0 bridgehead atoms. The third kappa shape index (κ3) is 2.80. The van der Waals surface area contributed by atoms with E-state index in [1.165, 1.54) is 11.6 Å². The molecule has 0 aromatic heterocycles. The molecule has 1 atom stereocenters. The summed E-state index contributed by atoms with van der Waals surface area (Å²) in [5, 5.41) is 8.70. The van der Waals surface area contributed by atoms with Crippen molar-refractivity contribution in [1.82, 2.24) is 0 Å². The minimum atomic E-state index is -0.678. The number of halogens is 1. The summed E-state index contributed by atoms with van der Waals surface area (Å²) in [7, 11) is 0. The highest BCUT2D eigenvalue weighted by Gasteiger charge is 2.13. The average Bonchev–Trinajstić information content (AvgIpc) is 2.96. The lowest BCUT2D eigenvalue weighted by Gasteiger charge is -2.08. The van der Waals surface area contributed by atoms with Crippen LogP contribution in [0.4, 0.5) is 4.39 Å². The van der Waals surface area contributed by atoms with Crippen molar-refractivity contribution < 1.29 is 9.13 Å². The number of nitriles is 1. The molecular weight excluding hydrogens is 267 g/mol. The number of fused-ring (bicyclic) bond motifs is 1. The van der Waals surface area contributed by atoms with Gasteiger partial charge in [-0.2, -0.15) is 5.26 Å². The quantitative estimate of drug-likeness (QED) is 0.941. The Hall–Kier alpha value is -2.22. The lowest BCUT2D eigenvalue weighted by molar-refractivity contribution is 0.134. The van der Waals surface area contributed by atoms with Gasteiger partial charge in [0.2, 0.25) is 0 Å². The van der Waals surface area contributed by atoms with E-state index in [9.17, 15) is 4.39 Å². The molecule has 0 saturated carbocycles. The minimum absolute atomic E-state index is 0.223. The van der Waals surface area contributed by atoms with E-state index in [2.05, 4.69) is 0 Å². The van der Waals surface area contributed by atoms with E-state index in [0.717, 1.165) is 16.7 Å². The maximum atomic E-state index is 14.1. The molecule has 21 heavy (non-hydrogen) atoms. The molecule has 4 heteroatoms. The van der Waals surface area contributed by atoms with Gasteiger partial charge in [-0.15, -0.1) is 0 Å². The molecule has 0 saturated heterocycles. The van der Waals surface area contributed by atoms with Crippen LogP contribution in [0.15, 0.2) is 36.4 Å². The largest absolute Gasteiger partial charge is 0.372 e. The summed E-state index contributed by atoms with van der Waals surface area (Å²) in [6, 6.07) is 12.3. The van der Waals surface area contributed by atoms with Crippen molar-refractivity contribution >= 4 is 0 Å². The van der Waals surface area contributed by atoms with Gasteiger partial charge < -0.3 is 10.5 Å². The first-order chi connectivity index (χ1) is 10.2. The number of hydrogen-bond donors (Lipinski definition) is 1. The van der Waals surface area contributed by atoms with Crippen LogP contribution in [0.25, 0.3) is 11.1 Å². The van der Waals surface area contributed by atoms with Crippen molar-refractivity contribution in [2.24, 2.45) is 5.73 Å². The highest BCUT2D eigenvalue weighted by molar-refractivity contribution is 5.65. The molecular formula is C17H15FN2O. The smallest absolute Gasteiger partial charge is 0.127 e. The SMILES string of the molecule is N#C[C@@H](N)Cc1ccc(-c2ccc3c(c2)COC3)cc1F. The Balaban J connectivity index is 1.90. The monoisotopic (exact) mass is 282 g/mol. The molecule has 0 unspecified atom stereocenters. The molecule has 2 N–H and O–H groups in total. The second kappa shape index (κ2) is 5.65. The fourth-order valence-electron chi connectivity index (χ4n) is 2.53. The summed E-state index contributed by atoms with van der Waals surface area (Å²) in [6.45, 7) is 1.26. The molecule has 1 heterocycles. The molecule has 0 aliphatic carbocycles. The minimum Gasteiger partial charge on any atom is -0.372 e. The number of ether oxygens (including phenoxy) is 1. The van der Waals surface area contributed by atoms with Crippen molar-refractivity contribution in [3.05, 3.63) is 58.9 Å². The van der Waals surface area contributed by atoms with Crippen LogP contribution < -0.4 is 5.73 Å². The van der Waals surface area contributed by atoms with E-state index in [1.807, 2.05) is 30.3 Å². The normalized spacial score (nSPS) is 14.5. The van der Waals surface area contributed by atoms with Crippen LogP contribution in [0.1, 0.15) is 16.7 Å². The van der Waals surface area contributed by atoms with E-state index in [1.54, 1.807) is 6.07 Å². The van der Waals surface area contributed by atoms with Crippen LogP contribution in [0.2, 0.25) is 0 Å². The zero-order valence-corrected chi connectivity index (χ0v) is 11.5. The molecule has 0 amide bonds.